The molecule has 0 fully saturated rings. The van der Waals surface area contributed by atoms with Crippen molar-refractivity contribution in [3.05, 3.63) is 180 Å². The van der Waals surface area contributed by atoms with Crippen LogP contribution >= 0.6 is 0 Å². The summed E-state index contributed by atoms with van der Waals surface area (Å²) in [6.07, 6.45) is 12.1. The van der Waals surface area contributed by atoms with E-state index < -0.39 is 0 Å². The Kier molecular flexibility index (Phi) is 16.1. The second-order valence-corrected chi connectivity index (χ2v) is 16.8. The molecule has 0 N–H and O–H groups in total. The molecule has 1 aliphatic rings. The molecular weight excluding hydrogens is 879 g/mol. The van der Waals surface area contributed by atoms with E-state index in [1.165, 1.54) is 139 Å². The van der Waals surface area contributed by atoms with Crippen LogP contribution in [0.2, 0.25) is 0 Å². The summed E-state index contributed by atoms with van der Waals surface area (Å²) < 4.78 is 0. The van der Waals surface area contributed by atoms with Crippen molar-refractivity contribution >= 4 is 41.4 Å². The number of aryl methyl sites for hydroxylation is 4. The summed E-state index contributed by atoms with van der Waals surface area (Å²) in [5.74, 6) is 0. The quantitative estimate of drug-likeness (QED) is 0.0846. The second-order valence-electron chi connectivity index (χ2n) is 15.5. The van der Waals surface area contributed by atoms with Crippen molar-refractivity contribution in [1.82, 2.24) is 0 Å². The number of hydrogen-bond donors (Lipinski definition) is 0. The largest absolute Gasteiger partial charge is 0.184 e. The van der Waals surface area contributed by atoms with E-state index in [4.69, 9.17) is 0 Å². The van der Waals surface area contributed by atoms with Gasteiger partial charge in [0, 0.05) is 25.8 Å². The predicted octanol–water partition coefficient (Wildman–Crippen LogP) is 14.2. The number of benzene rings is 6. The van der Waals surface area contributed by atoms with Crippen LogP contribution in [0.15, 0.2) is 152 Å². The van der Waals surface area contributed by atoms with Crippen LogP contribution in [0.4, 0.5) is 0 Å². The fourth-order valence-electron chi connectivity index (χ4n) is 8.38. The average molecular weight is 937 g/mol. The SMILES string of the molecule is CCCCc1cc2c(-c3ccccc3CCC)cccc2[cH-]1.CCCCc1cc2c(-c3ccccc3CCC)cccc2[cH-]1.[Hf].[c-]1cccc2c1[Si]c1ccccc1-2. The second kappa shape index (κ2) is 21.6. The predicted molar refractivity (Wildman–Crippen MR) is 251 cm³/mol. The summed E-state index contributed by atoms with van der Waals surface area (Å²) in [6, 6.07) is 58.9. The molecule has 9 rings (SSSR count). The van der Waals surface area contributed by atoms with Gasteiger partial charge in [0.2, 0.25) is 0 Å². The Labute approximate surface area is 370 Å². The molecular formula is C56H57HfSi-3. The van der Waals surface area contributed by atoms with Gasteiger partial charge in [-0.05, 0) is 47.9 Å². The Hall–Kier alpha value is -4.37. The molecule has 8 aromatic carbocycles. The first-order valence-electron chi connectivity index (χ1n) is 21.5. The fraction of sp³-hybridized carbons (Fsp3) is 0.250. The molecule has 292 valence electrons. The Balaban J connectivity index is 0.000000150. The number of unbranched alkanes of at least 4 members (excludes halogenated alkanes) is 2. The van der Waals surface area contributed by atoms with E-state index in [0.717, 1.165) is 22.4 Å². The van der Waals surface area contributed by atoms with E-state index >= 15 is 0 Å². The fourth-order valence-corrected chi connectivity index (χ4v) is 9.69. The molecule has 0 atom stereocenters. The maximum Gasteiger partial charge on any atom is 0.0920 e. The van der Waals surface area contributed by atoms with E-state index in [0.29, 0.717) is 0 Å². The van der Waals surface area contributed by atoms with Crippen LogP contribution in [0.5, 0.6) is 0 Å². The van der Waals surface area contributed by atoms with Crippen molar-refractivity contribution in [3.8, 4) is 33.4 Å². The van der Waals surface area contributed by atoms with Gasteiger partial charge in [0.15, 0.2) is 0 Å². The Morgan fingerprint density at radius 1 is 0.448 bits per heavy atom. The number of fused-ring (bicyclic) bond motifs is 5. The summed E-state index contributed by atoms with van der Waals surface area (Å²) in [7, 11) is 0.795. The van der Waals surface area contributed by atoms with Crippen LogP contribution in [-0.4, -0.2) is 9.52 Å². The first-order valence-corrected chi connectivity index (χ1v) is 22.5. The van der Waals surface area contributed by atoms with E-state index in [-0.39, 0.29) is 25.8 Å². The molecule has 0 amide bonds. The molecule has 58 heavy (non-hydrogen) atoms. The van der Waals surface area contributed by atoms with Gasteiger partial charge in [-0.3, -0.25) is 0 Å². The molecule has 2 radical (unpaired) electrons. The standard InChI is InChI=1S/2C22H25.C12H7Si.Hf/c2*1-3-5-10-17-15-19-12-8-14-21(22(19)16-17)20-13-7-6-11-18(20)9-4-2;1-3-7-11-9(5-1)10-6-2-4-8-12(10)13-11;/h2*6-8,11-16H,3-5,9-10H2,1-2H3;1-7H;/q3*-1;. The van der Waals surface area contributed by atoms with E-state index in [9.17, 15) is 0 Å². The summed E-state index contributed by atoms with van der Waals surface area (Å²) >= 11 is 0. The van der Waals surface area contributed by atoms with Gasteiger partial charge in [-0.1, -0.05) is 173 Å². The zero-order chi connectivity index (χ0) is 39.4. The minimum absolute atomic E-state index is 0. The summed E-state index contributed by atoms with van der Waals surface area (Å²) in [6.45, 7) is 9.02. The van der Waals surface area contributed by atoms with Crippen molar-refractivity contribution in [2.75, 3.05) is 0 Å². The van der Waals surface area contributed by atoms with E-state index in [2.05, 4.69) is 179 Å². The van der Waals surface area contributed by atoms with Gasteiger partial charge in [0.25, 0.3) is 0 Å². The van der Waals surface area contributed by atoms with Gasteiger partial charge in [-0.15, -0.1) is 74.6 Å². The number of hydrogen-bond acceptors (Lipinski definition) is 0. The molecule has 0 nitrogen and oxygen atoms in total. The third-order valence-electron chi connectivity index (χ3n) is 11.2. The first kappa shape index (κ1) is 43.2. The third-order valence-corrected chi connectivity index (χ3v) is 12.6. The normalized spacial score (nSPS) is 11.2. The first-order chi connectivity index (χ1) is 28.1. The maximum atomic E-state index is 3.31. The maximum absolute atomic E-state index is 3.31. The molecule has 2 heteroatoms. The Morgan fingerprint density at radius 2 is 0.914 bits per heavy atom. The molecule has 1 aliphatic heterocycles. The summed E-state index contributed by atoms with van der Waals surface area (Å²) in [5.41, 5.74) is 14.3. The molecule has 0 saturated carbocycles. The van der Waals surface area contributed by atoms with Gasteiger partial charge >= 0.3 is 0 Å². The topological polar surface area (TPSA) is 0 Å². The average Bonchev–Trinajstić information content (AvgIpc) is 3.98. The van der Waals surface area contributed by atoms with Crippen LogP contribution in [0.3, 0.4) is 0 Å². The van der Waals surface area contributed by atoms with Gasteiger partial charge in [0.1, 0.15) is 0 Å². The van der Waals surface area contributed by atoms with E-state index in [1.807, 2.05) is 6.07 Å². The van der Waals surface area contributed by atoms with E-state index in [1.54, 1.807) is 0 Å². The summed E-state index contributed by atoms with van der Waals surface area (Å²) in [4.78, 5) is 0. The van der Waals surface area contributed by atoms with Crippen molar-refractivity contribution < 1.29 is 25.8 Å². The van der Waals surface area contributed by atoms with Crippen LogP contribution in [0.25, 0.3) is 54.9 Å². The molecule has 0 bridgehead atoms. The van der Waals surface area contributed by atoms with Gasteiger partial charge < -0.3 is 0 Å². The zero-order valence-corrected chi connectivity index (χ0v) is 39.6. The molecule has 0 unspecified atom stereocenters. The Morgan fingerprint density at radius 3 is 1.43 bits per heavy atom. The van der Waals surface area contributed by atoms with Crippen molar-refractivity contribution in [2.24, 2.45) is 0 Å². The molecule has 0 aliphatic carbocycles. The number of rotatable bonds is 12. The molecule has 1 heterocycles. The van der Waals surface area contributed by atoms with Gasteiger partial charge in [-0.25, -0.2) is 0 Å². The molecule has 0 aromatic heterocycles. The van der Waals surface area contributed by atoms with Gasteiger partial charge in [0.05, 0.1) is 9.52 Å². The summed E-state index contributed by atoms with van der Waals surface area (Å²) in [5, 5.41) is 8.42. The molecule has 8 aromatic rings. The van der Waals surface area contributed by atoms with Gasteiger partial charge in [-0.2, -0.15) is 41.6 Å². The van der Waals surface area contributed by atoms with Crippen LogP contribution in [-0.2, 0) is 51.5 Å². The minimum atomic E-state index is 0. The van der Waals surface area contributed by atoms with Crippen molar-refractivity contribution in [1.29, 1.82) is 0 Å². The third kappa shape index (κ3) is 10.2. The monoisotopic (exact) mass is 937 g/mol. The van der Waals surface area contributed by atoms with Crippen molar-refractivity contribution in [2.45, 2.75) is 91.9 Å². The van der Waals surface area contributed by atoms with Crippen LogP contribution in [0, 0.1) is 6.07 Å². The Bertz CT molecular complexity index is 2340. The van der Waals surface area contributed by atoms with Crippen molar-refractivity contribution in [3.63, 3.8) is 0 Å². The van der Waals surface area contributed by atoms with Crippen LogP contribution < -0.4 is 10.4 Å². The van der Waals surface area contributed by atoms with Crippen LogP contribution in [0.1, 0.15) is 88.5 Å². The smallest absolute Gasteiger partial charge is 0.0920 e. The zero-order valence-electron chi connectivity index (χ0n) is 35.0. The minimum Gasteiger partial charge on any atom is -0.184 e. The molecule has 0 saturated heterocycles. The molecule has 0 spiro atoms.